The van der Waals surface area contributed by atoms with Gasteiger partial charge in [0.25, 0.3) is 23.8 Å². The average molecular weight is 1380 g/mol. The number of aliphatic hydroxyl groups is 1. The molecule has 0 spiro atoms. The molecule has 0 atom stereocenters. The number of aromatic nitrogens is 16. The quantitative estimate of drug-likeness (QED) is 0.0341. The van der Waals surface area contributed by atoms with Crippen LogP contribution in [-0.4, -0.2) is 151 Å². The number of methoxy groups -OCH3 is 1. The summed E-state index contributed by atoms with van der Waals surface area (Å²) in [5.74, 6) is -7.98. The molecule has 0 amide bonds. The Hall–Kier alpha value is -9.17. The molecule has 0 radical (unpaired) electrons. The number of aliphatic hydroxyl groups excluding tert-OH is 1. The maximum atomic E-state index is 13.3. The third kappa shape index (κ3) is 20.0. The minimum atomic E-state index is -2.60. The molecule has 0 aliphatic heterocycles. The van der Waals surface area contributed by atoms with Crippen LogP contribution in [0.4, 0.5) is 62.8 Å². The number of rotatable bonds is 16. The minimum absolute atomic E-state index is 0.0561. The Balaban J connectivity index is 0.000000153. The van der Waals surface area contributed by atoms with Crippen molar-refractivity contribution >= 4 is 35.5 Å². The summed E-state index contributed by atoms with van der Waals surface area (Å²) < 4.78 is 130. The normalized spacial score (nSPS) is 17.6. The van der Waals surface area contributed by atoms with Crippen LogP contribution in [0.25, 0.3) is 23.8 Å². The number of hydrogen-bond donors (Lipinski definition) is 5. The molecule has 33 heteroatoms. The van der Waals surface area contributed by atoms with Crippen molar-refractivity contribution in [2.24, 2.45) is 0 Å². The Kier molecular flexibility index (Phi) is 23.2. The monoisotopic (exact) mass is 1380 g/mol. The smallest absolute Gasteiger partial charge is 0.356 e. The number of ether oxygens (including phenoxy) is 1. The highest BCUT2D eigenvalue weighted by Crippen LogP contribution is 2.38. The first-order valence-electron chi connectivity index (χ1n) is 32.3. The summed E-state index contributed by atoms with van der Waals surface area (Å²) in [4.78, 5) is 57.6. The number of hydrogen-bond acceptors (Lipinski definition) is 20. The molecule has 0 unspecified atom stereocenters. The highest BCUT2D eigenvalue weighted by molar-refractivity contribution is 5.88. The van der Waals surface area contributed by atoms with Crippen molar-refractivity contribution in [1.29, 1.82) is 0 Å². The van der Waals surface area contributed by atoms with E-state index >= 15 is 0 Å². The summed E-state index contributed by atoms with van der Waals surface area (Å²) in [5, 5.41) is 39.3. The number of anilines is 4. The fraction of sp³-hybridized carbons (Fsp3) is 0.538. The molecule has 8 heterocycles. The molecule has 8 aromatic rings. The van der Waals surface area contributed by atoms with Gasteiger partial charge in [0.2, 0.25) is 23.7 Å². The second-order valence-electron chi connectivity index (χ2n) is 25.4. The van der Waals surface area contributed by atoms with Crippen molar-refractivity contribution in [3.05, 3.63) is 117 Å². The van der Waals surface area contributed by atoms with Gasteiger partial charge < -0.3 is 31.1 Å². The van der Waals surface area contributed by atoms with Crippen molar-refractivity contribution in [2.75, 3.05) is 28.4 Å². The van der Waals surface area contributed by atoms with E-state index in [1.165, 1.54) is 30.0 Å². The van der Waals surface area contributed by atoms with Crippen LogP contribution >= 0.6 is 0 Å². The molecule has 5 N–H and O–H groups in total. The molecule has 98 heavy (non-hydrogen) atoms. The number of carbonyl (C=O) groups is 2. The summed E-state index contributed by atoms with van der Waals surface area (Å²) in [5.41, 5.74) is 7.62. The van der Waals surface area contributed by atoms with E-state index in [0.29, 0.717) is 92.6 Å². The average Bonchev–Trinajstić information content (AvgIpc) is 1.53. The van der Waals surface area contributed by atoms with Crippen LogP contribution in [0.15, 0.2) is 48.5 Å². The fourth-order valence-electron chi connectivity index (χ4n) is 11.8. The van der Waals surface area contributed by atoms with Gasteiger partial charge in [-0.2, -0.15) is 40.3 Å². The third-order valence-corrected chi connectivity index (χ3v) is 16.9. The third-order valence-electron chi connectivity index (χ3n) is 16.9. The van der Waals surface area contributed by atoms with E-state index in [1.54, 1.807) is 20.1 Å². The molecule has 528 valence electrons. The topological polar surface area (TPSA) is 286 Å². The molecule has 8 aromatic heterocycles. The van der Waals surface area contributed by atoms with Crippen LogP contribution in [-0.2, 0) is 18.0 Å². The number of esters is 1. The second-order valence-corrected chi connectivity index (χ2v) is 25.4. The number of carbonyl (C=O) groups excluding carboxylic acids is 2. The van der Waals surface area contributed by atoms with Crippen LogP contribution in [0.3, 0.4) is 0 Å². The maximum Gasteiger partial charge on any atom is 0.356 e. The minimum Gasteiger partial charge on any atom is -0.464 e. The van der Waals surface area contributed by atoms with Gasteiger partial charge in [-0.05, 0) is 131 Å². The Morgan fingerprint density at radius 2 is 0.735 bits per heavy atom. The summed E-state index contributed by atoms with van der Waals surface area (Å²) in [7, 11) is 1.27. The lowest BCUT2D eigenvalue weighted by Crippen LogP contribution is -2.32. The molecule has 4 aliphatic rings. The van der Waals surface area contributed by atoms with E-state index in [4.69, 9.17) is 4.74 Å². The van der Waals surface area contributed by atoms with Gasteiger partial charge in [-0.3, -0.25) is 4.79 Å². The van der Waals surface area contributed by atoms with E-state index in [2.05, 4.69) is 81.5 Å². The van der Waals surface area contributed by atoms with Crippen molar-refractivity contribution in [1.82, 2.24) is 79.0 Å². The van der Waals surface area contributed by atoms with E-state index in [-0.39, 0.29) is 117 Å². The standard InChI is InChI=1S/C17H21F2N5O2.C16H20F3N5.C16H21F2N5O.C16H19F2N5O/c1-10-8-11(2)24(23-10)16-21-13(15(25)26-3)9-14(22-16)20-12-4-6-17(18,19)7-5-12;1-10-7-11(2)24(23-10)15-21-13(9-17)8-14(22-15)20-12-3-5-16(18,19)6-4-12;2*1-10-7-11(2)23(22-10)15-20-13(9-24)8-14(21-15)19-12-3-5-16(17,18)6-4-12/h8-9,12H,4-7H2,1-3H3,(H,20,21,22);7-8,12H,3-6,9H2,1-2H3,(H,20,21,22);7-8,12,24H,3-6,9H2,1-2H3,(H,19,20,21);7-9,12H,3-6H2,1-2H3,(H,19,20,21). The Morgan fingerprint density at radius 3 is 1.02 bits per heavy atom. The van der Waals surface area contributed by atoms with Gasteiger partial charge in [-0.25, -0.2) is 83.0 Å². The Bertz CT molecular complexity index is 3900. The van der Waals surface area contributed by atoms with E-state index in [9.17, 15) is 54.2 Å². The number of nitrogens with one attached hydrogen (secondary N) is 4. The van der Waals surface area contributed by atoms with Crippen LogP contribution in [0.5, 0.6) is 0 Å². The lowest BCUT2D eigenvalue weighted by molar-refractivity contribution is -0.0366. The second kappa shape index (κ2) is 31.1. The molecule has 24 nitrogen and oxygen atoms in total. The Labute approximate surface area is 559 Å². The largest absolute Gasteiger partial charge is 0.464 e. The van der Waals surface area contributed by atoms with Crippen molar-refractivity contribution in [3.63, 3.8) is 0 Å². The molecule has 4 aliphatic carbocycles. The predicted molar refractivity (Wildman–Crippen MR) is 345 cm³/mol. The summed E-state index contributed by atoms with van der Waals surface area (Å²) in [6, 6.07) is 13.3. The molecular formula is C65H81F9N20O4. The first-order valence-corrected chi connectivity index (χ1v) is 32.3. The van der Waals surface area contributed by atoms with Gasteiger partial charge in [0.15, 0.2) is 12.0 Å². The van der Waals surface area contributed by atoms with Gasteiger partial charge >= 0.3 is 5.97 Å². The zero-order valence-electron chi connectivity index (χ0n) is 56.0. The number of alkyl halides is 9. The molecule has 0 saturated heterocycles. The molecule has 4 saturated carbocycles. The van der Waals surface area contributed by atoms with Crippen LogP contribution < -0.4 is 21.3 Å². The van der Waals surface area contributed by atoms with Gasteiger partial charge in [0.05, 0.1) is 47.9 Å². The fourth-order valence-corrected chi connectivity index (χ4v) is 11.8. The molecular weight excluding hydrogens is 1300 g/mol. The predicted octanol–water partition coefficient (Wildman–Crippen LogP) is 12.6. The van der Waals surface area contributed by atoms with Gasteiger partial charge in [0, 0.05) is 123 Å². The first kappa shape index (κ1) is 73.1. The van der Waals surface area contributed by atoms with E-state index in [1.807, 2.05) is 79.7 Å². The maximum absolute atomic E-state index is 13.3. The van der Waals surface area contributed by atoms with Gasteiger partial charge in [0.1, 0.15) is 35.6 Å². The molecule has 12 rings (SSSR count). The van der Waals surface area contributed by atoms with Crippen LogP contribution in [0.1, 0.15) is 181 Å². The molecule has 4 fully saturated rings. The number of nitrogens with zero attached hydrogens (tertiary/aromatic N) is 16. The highest BCUT2D eigenvalue weighted by Gasteiger charge is 2.38. The zero-order chi connectivity index (χ0) is 70.9. The van der Waals surface area contributed by atoms with Gasteiger partial charge in [-0.1, -0.05) is 0 Å². The van der Waals surface area contributed by atoms with E-state index < -0.39 is 36.3 Å². The molecule has 0 bridgehead atoms. The van der Waals surface area contributed by atoms with Crippen molar-refractivity contribution in [2.45, 2.75) is 219 Å². The SMILES string of the molecule is COC(=O)c1cc(NC2CCC(F)(F)CC2)nc(-n2nc(C)cc2C)n1.Cc1cc(C)n(-c2nc(C=O)cc(NC3CCC(F)(F)CC3)n2)n1.Cc1cc(C)n(-c2nc(CF)cc(NC3CCC(F)(F)CC3)n2)n1.Cc1cc(C)n(-c2nc(CO)cc(NC3CCC(F)(F)CC3)n2)n1. The summed E-state index contributed by atoms with van der Waals surface area (Å²) >= 11 is 0. The Morgan fingerprint density at radius 1 is 0.449 bits per heavy atom. The van der Waals surface area contributed by atoms with Crippen molar-refractivity contribution < 1.29 is 58.9 Å². The summed E-state index contributed by atoms with van der Waals surface area (Å²) in [6.45, 7) is 13.9. The van der Waals surface area contributed by atoms with Crippen molar-refractivity contribution in [3.8, 4) is 23.8 Å². The van der Waals surface area contributed by atoms with Gasteiger partial charge in [-0.15, -0.1) is 0 Å². The van der Waals surface area contributed by atoms with Crippen LogP contribution in [0.2, 0.25) is 0 Å². The molecule has 0 aromatic carbocycles. The number of aldehydes is 1. The summed E-state index contributed by atoms with van der Waals surface area (Å²) in [6.07, 6.45) is 2.40. The van der Waals surface area contributed by atoms with Crippen LogP contribution in [0, 0.1) is 55.4 Å². The van der Waals surface area contributed by atoms with E-state index in [0.717, 1.165) is 45.6 Å². The first-order chi connectivity index (χ1) is 46.3. The highest BCUT2D eigenvalue weighted by atomic mass is 19.3. The number of halogens is 9. The lowest BCUT2D eigenvalue weighted by atomic mass is 9.92. The lowest BCUT2D eigenvalue weighted by Gasteiger charge is -2.29. The zero-order valence-corrected chi connectivity index (χ0v) is 56.0. The number of aryl methyl sites for hydroxylation is 8.